The fourth-order valence-electron chi connectivity index (χ4n) is 1.47. The highest BCUT2D eigenvalue weighted by atomic mass is 14.7. The van der Waals surface area contributed by atoms with Crippen LogP contribution in [-0.4, -0.2) is 6.21 Å². The van der Waals surface area contributed by atoms with Crippen LogP contribution < -0.4 is 0 Å². The van der Waals surface area contributed by atoms with Crippen molar-refractivity contribution in [2.75, 3.05) is 0 Å². The molecule has 0 spiro atoms. The van der Waals surface area contributed by atoms with Crippen molar-refractivity contribution in [2.45, 2.75) is 59.8 Å². The van der Waals surface area contributed by atoms with Crippen molar-refractivity contribution in [3.63, 3.8) is 0 Å². The summed E-state index contributed by atoms with van der Waals surface area (Å²) in [5.74, 6) is 0.611. The molecule has 0 aliphatic rings. The molecule has 0 saturated heterocycles. The van der Waals surface area contributed by atoms with Gasteiger partial charge in [-0.25, -0.2) is 0 Å². The molecule has 14 heavy (non-hydrogen) atoms. The zero-order valence-electron chi connectivity index (χ0n) is 10.2. The van der Waals surface area contributed by atoms with Crippen LogP contribution in [0.25, 0.3) is 0 Å². The Kier molecular flexibility index (Phi) is 8.61. The Labute approximate surface area is 89.3 Å². The second-order valence-electron chi connectivity index (χ2n) is 4.10. The molecule has 0 rings (SSSR count). The van der Waals surface area contributed by atoms with E-state index in [1.807, 2.05) is 13.1 Å². The van der Waals surface area contributed by atoms with Crippen molar-refractivity contribution in [2.24, 2.45) is 10.9 Å². The molecule has 0 bridgehead atoms. The Balaban J connectivity index is 3.86. The summed E-state index contributed by atoms with van der Waals surface area (Å²) in [5, 5.41) is 0. The van der Waals surface area contributed by atoms with Crippen LogP contribution in [0.3, 0.4) is 0 Å². The predicted molar refractivity (Wildman–Crippen MR) is 65.8 cm³/mol. The van der Waals surface area contributed by atoms with Gasteiger partial charge >= 0.3 is 0 Å². The average Bonchev–Trinajstić information content (AvgIpc) is 2.12. The third kappa shape index (κ3) is 8.03. The second-order valence-corrected chi connectivity index (χ2v) is 4.10. The Bertz CT molecular complexity index is 178. The molecule has 0 radical (unpaired) electrons. The van der Waals surface area contributed by atoms with Gasteiger partial charge in [0, 0.05) is 11.9 Å². The largest absolute Gasteiger partial charge is 0.266 e. The molecule has 82 valence electrons. The topological polar surface area (TPSA) is 12.4 Å². The smallest absolute Gasteiger partial charge is 0.0362 e. The molecule has 0 saturated carbocycles. The monoisotopic (exact) mass is 195 g/mol. The fraction of sp³-hybridized carbons (Fsp3) is 0.769. The lowest BCUT2D eigenvalue weighted by Gasteiger charge is -2.03. The molecule has 1 nitrogen and oxygen atoms in total. The second kappa shape index (κ2) is 8.98. The van der Waals surface area contributed by atoms with Crippen LogP contribution in [0.1, 0.15) is 59.8 Å². The summed E-state index contributed by atoms with van der Waals surface area (Å²) in [5.41, 5.74) is 1.26. The van der Waals surface area contributed by atoms with Gasteiger partial charge in [-0.05, 0) is 25.7 Å². The van der Waals surface area contributed by atoms with E-state index in [-0.39, 0.29) is 0 Å². The minimum atomic E-state index is 0.611. The minimum absolute atomic E-state index is 0.611. The SMILES string of the molecule is CC=N/C(=C\C(C)C)CCCCCC. The van der Waals surface area contributed by atoms with Crippen LogP contribution in [0, 0.1) is 5.92 Å². The van der Waals surface area contributed by atoms with Crippen LogP contribution in [0.4, 0.5) is 0 Å². The molecule has 0 aromatic carbocycles. The van der Waals surface area contributed by atoms with Crippen molar-refractivity contribution in [1.82, 2.24) is 0 Å². The maximum absolute atomic E-state index is 4.40. The summed E-state index contributed by atoms with van der Waals surface area (Å²) >= 11 is 0. The molecule has 0 N–H and O–H groups in total. The Morgan fingerprint density at radius 1 is 1.21 bits per heavy atom. The molecule has 0 unspecified atom stereocenters. The summed E-state index contributed by atoms with van der Waals surface area (Å²) in [4.78, 5) is 4.40. The first-order valence-electron chi connectivity index (χ1n) is 5.90. The number of nitrogens with zero attached hydrogens (tertiary/aromatic N) is 1. The van der Waals surface area contributed by atoms with Gasteiger partial charge in [-0.2, -0.15) is 0 Å². The molecule has 0 atom stereocenters. The number of unbranched alkanes of at least 4 members (excludes halogenated alkanes) is 3. The van der Waals surface area contributed by atoms with E-state index < -0.39 is 0 Å². The Morgan fingerprint density at radius 3 is 2.43 bits per heavy atom. The Hall–Kier alpha value is -0.590. The zero-order chi connectivity index (χ0) is 10.8. The van der Waals surface area contributed by atoms with E-state index in [2.05, 4.69) is 31.8 Å². The first kappa shape index (κ1) is 13.4. The van der Waals surface area contributed by atoms with E-state index >= 15 is 0 Å². The van der Waals surface area contributed by atoms with Gasteiger partial charge in [0.25, 0.3) is 0 Å². The van der Waals surface area contributed by atoms with Gasteiger partial charge in [0.2, 0.25) is 0 Å². The first-order chi connectivity index (χ1) is 6.70. The quantitative estimate of drug-likeness (QED) is 0.416. The van der Waals surface area contributed by atoms with E-state index in [0.717, 1.165) is 6.42 Å². The zero-order valence-corrected chi connectivity index (χ0v) is 10.2. The summed E-state index contributed by atoms with van der Waals surface area (Å²) in [6.07, 6.45) is 10.6. The number of aliphatic imine (C=N–C) groups is 1. The van der Waals surface area contributed by atoms with E-state index in [0.29, 0.717) is 5.92 Å². The molecule has 0 aromatic heterocycles. The van der Waals surface area contributed by atoms with Gasteiger partial charge in [-0.15, -0.1) is 0 Å². The van der Waals surface area contributed by atoms with Gasteiger partial charge < -0.3 is 0 Å². The highest BCUT2D eigenvalue weighted by Gasteiger charge is 1.96. The minimum Gasteiger partial charge on any atom is -0.266 e. The van der Waals surface area contributed by atoms with Crippen LogP contribution in [0.15, 0.2) is 16.8 Å². The van der Waals surface area contributed by atoms with Gasteiger partial charge in [-0.3, -0.25) is 4.99 Å². The van der Waals surface area contributed by atoms with E-state index in [4.69, 9.17) is 0 Å². The number of allylic oxidation sites excluding steroid dienone is 2. The molecule has 1 heteroatoms. The molecule has 0 aliphatic heterocycles. The van der Waals surface area contributed by atoms with Crippen LogP contribution in [0.5, 0.6) is 0 Å². The summed E-state index contributed by atoms with van der Waals surface area (Å²) in [6.45, 7) is 8.64. The summed E-state index contributed by atoms with van der Waals surface area (Å²) in [6, 6.07) is 0. The van der Waals surface area contributed by atoms with E-state index in [9.17, 15) is 0 Å². The maximum Gasteiger partial charge on any atom is 0.0362 e. The van der Waals surface area contributed by atoms with Crippen molar-refractivity contribution < 1.29 is 0 Å². The standard InChI is InChI=1S/C13H25N/c1-5-7-8-9-10-13(14-6-2)11-12(3)4/h6,11-12H,5,7-10H2,1-4H3/b13-11-,14-6?. The Morgan fingerprint density at radius 2 is 1.93 bits per heavy atom. The van der Waals surface area contributed by atoms with Crippen molar-refractivity contribution >= 4 is 6.21 Å². The average molecular weight is 195 g/mol. The first-order valence-corrected chi connectivity index (χ1v) is 5.90. The van der Waals surface area contributed by atoms with Crippen molar-refractivity contribution in [3.8, 4) is 0 Å². The third-order valence-electron chi connectivity index (χ3n) is 2.11. The molecular formula is C13H25N. The van der Waals surface area contributed by atoms with Crippen LogP contribution >= 0.6 is 0 Å². The molecule has 0 heterocycles. The van der Waals surface area contributed by atoms with Gasteiger partial charge in [0.05, 0.1) is 0 Å². The van der Waals surface area contributed by atoms with E-state index in [1.165, 1.54) is 31.4 Å². The number of hydrogen-bond acceptors (Lipinski definition) is 1. The van der Waals surface area contributed by atoms with Crippen LogP contribution in [0.2, 0.25) is 0 Å². The maximum atomic E-state index is 4.40. The third-order valence-corrected chi connectivity index (χ3v) is 2.11. The molecule has 0 aliphatic carbocycles. The predicted octanol–water partition coefficient (Wildman–Crippen LogP) is 4.59. The molecule has 0 aromatic rings. The lowest BCUT2D eigenvalue weighted by atomic mass is 10.1. The lowest BCUT2D eigenvalue weighted by Crippen LogP contribution is -1.87. The van der Waals surface area contributed by atoms with Crippen LogP contribution in [-0.2, 0) is 0 Å². The highest BCUT2D eigenvalue weighted by molar-refractivity contribution is 5.55. The lowest BCUT2D eigenvalue weighted by molar-refractivity contribution is 0.658. The fourth-order valence-corrected chi connectivity index (χ4v) is 1.47. The van der Waals surface area contributed by atoms with Gasteiger partial charge in [0.1, 0.15) is 0 Å². The number of hydrogen-bond donors (Lipinski definition) is 0. The van der Waals surface area contributed by atoms with Gasteiger partial charge in [-0.1, -0.05) is 46.1 Å². The van der Waals surface area contributed by atoms with Gasteiger partial charge in [0.15, 0.2) is 0 Å². The van der Waals surface area contributed by atoms with E-state index in [1.54, 1.807) is 0 Å². The highest BCUT2D eigenvalue weighted by Crippen LogP contribution is 2.13. The normalized spacial score (nSPS) is 13.1. The molecule has 0 amide bonds. The molecular weight excluding hydrogens is 170 g/mol. The van der Waals surface area contributed by atoms with Crippen molar-refractivity contribution in [3.05, 3.63) is 11.8 Å². The molecule has 0 fully saturated rings. The van der Waals surface area contributed by atoms with Crippen molar-refractivity contribution in [1.29, 1.82) is 0 Å². The summed E-state index contributed by atoms with van der Waals surface area (Å²) < 4.78 is 0. The number of rotatable bonds is 7. The summed E-state index contributed by atoms with van der Waals surface area (Å²) in [7, 11) is 0.